The SMILES string of the molecule is O=C(CNC(=O)C(c1ccccc1)c1ccccc1)OCc1ccccc1[N+](=O)[O-]. The molecule has 3 rings (SSSR count). The molecule has 1 amide bonds. The fourth-order valence-corrected chi connectivity index (χ4v) is 3.07. The van der Waals surface area contributed by atoms with Crippen molar-refractivity contribution in [2.75, 3.05) is 6.54 Å². The third-order valence-electron chi connectivity index (χ3n) is 4.51. The Morgan fingerprint density at radius 1 is 0.867 bits per heavy atom. The second kappa shape index (κ2) is 9.97. The third-order valence-corrected chi connectivity index (χ3v) is 4.51. The van der Waals surface area contributed by atoms with Crippen molar-refractivity contribution in [1.82, 2.24) is 5.32 Å². The lowest BCUT2D eigenvalue weighted by Gasteiger charge is -2.17. The normalized spacial score (nSPS) is 10.4. The van der Waals surface area contributed by atoms with Gasteiger partial charge in [-0.05, 0) is 17.2 Å². The number of rotatable bonds is 8. The predicted molar refractivity (Wildman–Crippen MR) is 111 cm³/mol. The molecule has 0 saturated carbocycles. The van der Waals surface area contributed by atoms with E-state index >= 15 is 0 Å². The first kappa shape index (κ1) is 20.7. The number of carbonyl (C=O) groups excluding carboxylic acids is 2. The van der Waals surface area contributed by atoms with Crippen LogP contribution in [0.15, 0.2) is 84.9 Å². The second-order valence-corrected chi connectivity index (χ2v) is 6.52. The molecule has 0 bridgehead atoms. The summed E-state index contributed by atoms with van der Waals surface area (Å²) >= 11 is 0. The maximum Gasteiger partial charge on any atom is 0.325 e. The van der Waals surface area contributed by atoms with Crippen molar-refractivity contribution < 1.29 is 19.2 Å². The van der Waals surface area contributed by atoms with Crippen LogP contribution in [-0.4, -0.2) is 23.3 Å². The zero-order chi connectivity index (χ0) is 21.3. The van der Waals surface area contributed by atoms with Gasteiger partial charge in [0, 0.05) is 6.07 Å². The van der Waals surface area contributed by atoms with Gasteiger partial charge in [0.2, 0.25) is 5.91 Å². The summed E-state index contributed by atoms with van der Waals surface area (Å²) < 4.78 is 5.10. The number of nitro benzene ring substituents is 1. The lowest BCUT2D eigenvalue weighted by molar-refractivity contribution is -0.385. The first-order valence-corrected chi connectivity index (χ1v) is 9.32. The Hall–Kier alpha value is -4.00. The predicted octanol–water partition coefficient (Wildman–Crippen LogP) is 3.59. The highest BCUT2D eigenvalue weighted by Crippen LogP contribution is 2.24. The molecular formula is C23H20N2O5. The van der Waals surface area contributed by atoms with Crippen LogP contribution in [0.5, 0.6) is 0 Å². The van der Waals surface area contributed by atoms with E-state index < -0.39 is 16.8 Å². The minimum Gasteiger partial charge on any atom is -0.459 e. The van der Waals surface area contributed by atoms with E-state index in [4.69, 9.17) is 4.74 Å². The topological polar surface area (TPSA) is 98.5 Å². The van der Waals surface area contributed by atoms with Crippen LogP contribution in [-0.2, 0) is 20.9 Å². The molecule has 0 saturated heterocycles. The van der Waals surface area contributed by atoms with Gasteiger partial charge in [0.15, 0.2) is 0 Å². The average Bonchev–Trinajstić information content (AvgIpc) is 2.78. The van der Waals surface area contributed by atoms with E-state index in [9.17, 15) is 19.7 Å². The largest absolute Gasteiger partial charge is 0.459 e. The summed E-state index contributed by atoms with van der Waals surface area (Å²) in [5.41, 5.74) is 1.76. The highest BCUT2D eigenvalue weighted by atomic mass is 16.6. The van der Waals surface area contributed by atoms with E-state index in [0.717, 1.165) is 11.1 Å². The molecule has 0 aliphatic carbocycles. The quantitative estimate of drug-likeness (QED) is 0.351. The average molecular weight is 404 g/mol. The number of amides is 1. The Bertz CT molecular complexity index is 983. The Balaban J connectivity index is 1.63. The van der Waals surface area contributed by atoms with E-state index in [0.29, 0.717) is 0 Å². The number of carbonyl (C=O) groups is 2. The fourth-order valence-electron chi connectivity index (χ4n) is 3.07. The number of nitrogens with zero attached hydrogens (tertiary/aromatic N) is 1. The summed E-state index contributed by atoms with van der Waals surface area (Å²) in [5.74, 6) is -1.59. The number of para-hydroxylation sites is 1. The first-order chi connectivity index (χ1) is 14.6. The lowest BCUT2D eigenvalue weighted by atomic mass is 9.90. The highest BCUT2D eigenvalue weighted by molar-refractivity contribution is 5.89. The molecule has 0 fully saturated rings. The number of benzene rings is 3. The molecule has 30 heavy (non-hydrogen) atoms. The van der Waals surface area contributed by atoms with E-state index in [-0.39, 0.29) is 30.3 Å². The van der Waals surface area contributed by atoms with Gasteiger partial charge in [0.05, 0.1) is 16.4 Å². The zero-order valence-corrected chi connectivity index (χ0v) is 16.1. The number of nitrogens with one attached hydrogen (secondary N) is 1. The number of hydrogen-bond donors (Lipinski definition) is 1. The van der Waals surface area contributed by atoms with Crippen LogP contribution in [0.3, 0.4) is 0 Å². The molecule has 152 valence electrons. The van der Waals surface area contributed by atoms with Crippen LogP contribution >= 0.6 is 0 Å². The van der Waals surface area contributed by atoms with Gasteiger partial charge in [-0.1, -0.05) is 72.8 Å². The molecule has 3 aromatic carbocycles. The van der Waals surface area contributed by atoms with Crippen molar-refractivity contribution in [3.05, 3.63) is 112 Å². The Labute approximate surface area is 173 Å². The Kier molecular flexibility index (Phi) is 6.89. The lowest BCUT2D eigenvalue weighted by Crippen LogP contribution is -2.34. The fraction of sp³-hybridized carbons (Fsp3) is 0.130. The van der Waals surface area contributed by atoms with Gasteiger partial charge in [-0.2, -0.15) is 0 Å². The molecule has 0 heterocycles. The molecule has 0 aliphatic heterocycles. The summed E-state index contributed by atoms with van der Waals surface area (Å²) in [7, 11) is 0. The van der Waals surface area contributed by atoms with Gasteiger partial charge in [-0.3, -0.25) is 19.7 Å². The number of ether oxygens (including phenoxy) is 1. The summed E-state index contributed by atoms with van der Waals surface area (Å²) in [6.45, 7) is -0.581. The third kappa shape index (κ3) is 5.29. The van der Waals surface area contributed by atoms with Crippen molar-refractivity contribution in [3.63, 3.8) is 0 Å². The number of esters is 1. The number of nitro groups is 1. The molecular weight excluding hydrogens is 384 g/mol. The maximum atomic E-state index is 12.9. The van der Waals surface area contributed by atoms with E-state index in [1.54, 1.807) is 6.07 Å². The van der Waals surface area contributed by atoms with Crippen molar-refractivity contribution in [2.45, 2.75) is 12.5 Å². The summed E-state index contributed by atoms with van der Waals surface area (Å²) in [6.07, 6.45) is 0. The van der Waals surface area contributed by atoms with Crippen LogP contribution in [0.25, 0.3) is 0 Å². The smallest absolute Gasteiger partial charge is 0.325 e. The molecule has 7 nitrogen and oxygen atoms in total. The standard InChI is InChI=1S/C23H20N2O5/c26-21(30-16-19-13-7-8-14-20(19)25(28)29)15-24-23(27)22(17-9-3-1-4-10-17)18-11-5-2-6-12-18/h1-14,22H,15-16H2,(H,24,27). The maximum absolute atomic E-state index is 12.9. The summed E-state index contributed by atoms with van der Waals surface area (Å²) in [6, 6.07) is 24.5. The number of hydrogen-bond acceptors (Lipinski definition) is 5. The van der Waals surface area contributed by atoms with E-state index in [2.05, 4.69) is 5.32 Å². The van der Waals surface area contributed by atoms with Crippen LogP contribution < -0.4 is 5.32 Å². The molecule has 0 spiro atoms. The first-order valence-electron chi connectivity index (χ1n) is 9.32. The van der Waals surface area contributed by atoms with Crippen molar-refractivity contribution in [1.29, 1.82) is 0 Å². The monoisotopic (exact) mass is 404 g/mol. The Morgan fingerprint density at radius 3 is 1.97 bits per heavy atom. The van der Waals surface area contributed by atoms with Crippen molar-refractivity contribution in [3.8, 4) is 0 Å². The van der Waals surface area contributed by atoms with Gasteiger partial charge >= 0.3 is 5.97 Å². The Morgan fingerprint density at radius 2 is 1.40 bits per heavy atom. The molecule has 1 N–H and O–H groups in total. The van der Waals surface area contributed by atoms with Crippen molar-refractivity contribution >= 4 is 17.6 Å². The summed E-state index contributed by atoms with van der Waals surface area (Å²) in [5, 5.41) is 13.6. The minimum absolute atomic E-state index is 0.123. The van der Waals surface area contributed by atoms with Gasteiger partial charge in [-0.25, -0.2) is 0 Å². The molecule has 0 radical (unpaired) electrons. The summed E-state index contributed by atoms with van der Waals surface area (Å²) in [4.78, 5) is 35.5. The molecule has 3 aromatic rings. The zero-order valence-electron chi connectivity index (χ0n) is 16.1. The van der Waals surface area contributed by atoms with Gasteiger partial charge in [0.1, 0.15) is 13.2 Å². The highest BCUT2D eigenvalue weighted by Gasteiger charge is 2.23. The van der Waals surface area contributed by atoms with Gasteiger partial charge in [0.25, 0.3) is 5.69 Å². The van der Waals surface area contributed by atoms with Crippen molar-refractivity contribution in [2.24, 2.45) is 0 Å². The van der Waals surface area contributed by atoms with E-state index in [1.807, 2.05) is 60.7 Å². The van der Waals surface area contributed by atoms with Gasteiger partial charge < -0.3 is 10.1 Å². The van der Waals surface area contributed by atoms with Crippen LogP contribution in [0.1, 0.15) is 22.6 Å². The van der Waals surface area contributed by atoms with Crippen LogP contribution in [0.2, 0.25) is 0 Å². The van der Waals surface area contributed by atoms with E-state index in [1.165, 1.54) is 18.2 Å². The minimum atomic E-state index is -0.679. The molecule has 0 atom stereocenters. The van der Waals surface area contributed by atoms with Gasteiger partial charge in [-0.15, -0.1) is 0 Å². The second-order valence-electron chi connectivity index (χ2n) is 6.52. The molecule has 7 heteroatoms. The van der Waals surface area contributed by atoms with Crippen LogP contribution in [0.4, 0.5) is 5.69 Å². The van der Waals surface area contributed by atoms with Crippen LogP contribution in [0, 0.1) is 10.1 Å². The molecule has 0 unspecified atom stereocenters. The molecule has 0 aromatic heterocycles. The molecule has 0 aliphatic rings.